The summed E-state index contributed by atoms with van der Waals surface area (Å²) in [6.45, 7) is 2.64. The van der Waals surface area contributed by atoms with Crippen molar-refractivity contribution in [1.29, 1.82) is 0 Å². The molecule has 18 heavy (non-hydrogen) atoms. The molecule has 0 aliphatic carbocycles. The second-order valence-corrected chi connectivity index (χ2v) is 4.43. The van der Waals surface area contributed by atoms with Crippen molar-refractivity contribution in [2.24, 2.45) is 0 Å². The van der Waals surface area contributed by atoms with Crippen LogP contribution < -0.4 is 0 Å². The Balaban J connectivity index is 2.04. The van der Waals surface area contributed by atoms with Crippen LogP contribution in [0.3, 0.4) is 0 Å². The van der Waals surface area contributed by atoms with E-state index in [0.717, 1.165) is 22.2 Å². The standard InChI is InChI=1S/C15H13FN2/c1-11-6-7-13(16)8-12(11)9-18-10-17-14-4-2-3-5-15(14)18/h2-8,10H,9H2,1H3. The minimum Gasteiger partial charge on any atom is -0.326 e. The number of imidazole rings is 1. The van der Waals surface area contributed by atoms with Gasteiger partial charge in [0.25, 0.3) is 0 Å². The lowest BCUT2D eigenvalue weighted by Gasteiger charge is -2.08. The number of aromatic nitrogens is 2. The molecular formula is C15H13FN2. The Labute approximate surface area is 105 Å². The van der Waals surface area contributed by atoms with Crippen LogP contribution in [-0.4, -0.2) is 9.55 Å². The highest BCUT2D eigenvalue weighted by atomic mass is 19.1. The van der Waals surface area contributed by atoms with Crippen molar-refractivity contribution in [3.63, 3.8) is 0 Å². The first-order valence-corrected chi connectivity index (χ1v) is 5.89. The fourth-order valence-electron chi connectivity index (χ4n) is 2.13. The predicted molar refractivity (Wildman–Crippen MR) is 70.0 cm³/mol. The molecule has 1 heterocycles. The van der Waals surface area contributed by atoms with Crippen LogP contribution in [0.4, 0.5) is 4.39 Å². The summed E-state index contributed by atoms with van der Waals surface area (Å²) in [4.78, 5) is 4.34. The molecule has 0 saturated carbocycles. The minimum atomic E-state index is -0.194. The molecule has 3 rings (SSSR count). The zero-order valence-corrected chi connectivity index (χ0v) is 10.1. The Morgan fingerprint density at radius 2 is 2.00 bits per heavy atom. The van der Waals surface area contributed by atoms with Gasteiger partial charge in [0, 0.05) is 6.54 Å². The quantitative estimate of drug-likeness (QED) is 0.670. The van der Waals surface area contributed by atoms with Gasteiger partial charge in [-0.2, -0.15) is 0 Å². The van der Waals surface area contributed by atoms with E-state index in [1.54, 1.807) is 12.4 Å². The van der Waals surface area contributed by atoms with Gasteiger partial charge in [-0.3, -0.25) is 0 Å². The van der Waals surface area contributed by atoms with E-state index in [2.05, 4.69) is 4.98 Å². The van der Waals surface area contributed by atoms with E-state index in [1.165, 1.54) is 6.07 Å². The summed E-state index contributed by atoms with van der Waals surface area (Å²) in [5.74, 6) is -0.194. The van der Waals surface area contributed by atoms with Crippen molar-refractivity contribution in [2.75, 3.05) is 0 Å². The highest BCUT2D eigenvalue weighted by Crippen LogP contribution is 2.16. The molecule has 90 valence electrons. The molecule has 0 aliphatic rings. The predicted octanol–water partition coefficient (Wildman–Crippen LogP) is 3.53. The summed E-state index contributed by atoms with van der Waals surface area (Å²) in [5, 5.41) is 0. The lowest BCUT2D eigenvalue weighted by Crippen LogP contribution is -2.00. The van der Waals surface area contributed by atoms with Crippen LogP contribution in [0.25, 0.3) is 11.0 Å². The summed E-state index contributed by atoms with van der Waals surface area (Å²) < 4.78 is 15.3. The van der Waals surface area contributed by atoms with Crippen LogP contribution in [0.15, 0.2) is 48.8 Å². The lowest BCUT2D eigenvalue weighted by atomic mass is 10.1. The van der Waals surface area contributed by atoms with Gasteiger partial charge < -0.3 is 4.57 Å². The van der Waals surface area contributed by atoms with Crippen molar-refractivity contribution in [2.45, 2.75) is 13.5 Å². The molecule has 0 radical (unpaired) electrons. The number of halogens is 1. The van der Waals surface area contributed by atoms with Crippen LogP contribution in [0.2, 0.25) is 0 Å². The fourth-order valence-corrected chi connectivity index (χ4v) is 2.13. The molecular weight excluding hydrogens is 227 g/mol. The van der Waals surface area contributed by atoms with Crippen LogP contribution in [0, 0.1) is 12.7 Å². The number of para-hydroxylation sites is 2. The maximum Gasteiger partial charge on any atom is 0.123 e. The Kier molecular flexibility index (Phi) is 2.59. The van der Waals surface area contributed by atoms with Crippen molar-refractivity contribution >= 4 is 11.0 Å². The summed E-state index contributed by atoms with van der Waals surface area (Å²) in [6.07, 6.45) is 1.80. The zero-order chi connectivity index (χ0) is 12.5. The highest BCUT2D eigenvalue weighted by Gasteiger charge is 2.05. The van der Waals surface area contributed by atoms with Crippen molar-refractivity contribution in [3.05, 3.63) is 65.7 Å². The molecule has 0 atom stereocenters. The van der Waals surface area contributed by atoms with Crippen LogP contribution in [-0.2, 0) is 6.54 Å². The molecule has 2 aromatic carbocycles. The fraction of sp³-hybridized carbons (Fsp3) is 0.133. The van der Waals surface area contributed by atoms with Gasteiger partial charge in [0.2, 0.25) is 0 Å². The molecule has 0 saturated heterocycles. The Bertz CT molecular complexity index is 701. The molecule has 0 fully saturated rings. The topological polar surface area (TPSA) is 17.8 Å². The minimum absolute atomic E-state index is 0.194. The molecule has 0 unspecified atom stereocenters. The smallest absolute Gasteiger partial charge is 0.123 e. The average molecular weight is 240 g/mol. The lowest BCUT2D eigenvalue weighted by molar-refractivity contribution is 0.623. The van der Waals surface area contributed by atoms with Gasteiger partial charge in [0.05, 0.1) is 17.4 Å². The SMILES string of the molecule is Cc1ccc(F)cc1Cn1cnc2ccccc21. The number of rotatable bonds is 2. The molecule has 2 nitrogen and oxygen atoms in total. The molecule has 0 spiro atoms. The number of nitrogens with zero attached hydrogens (tertiary/aromatic N) is 2. The Morgan fingerprint density at radius 3 is 2.89 bits per heavy atom. The van der Waals surface area contributed by atoms with Gasteiger partial charge in [-0.05, 0) is 42.3 Å². The third-order valence-electron chi connectivity index (χ3n) is 3.18. The first-order chi connectivity index (χ1) is 8.74. The first kappa shape index (κ1) is 11.0. The summed E-state index contributed by atoms with van der Waals surface area (Å²) in [5.41, 5.74) is 4.11. The van der Waals surface area contributed by atoms with E-state index in [1.807, 2.05) is 41.8 Å². The molecule has 1 aromatic heterocycles. The molecule has 0 amide bonds. The number of hydrogen-bond donors (Lipinski definition) is 0. The first-order valence-electron chi connectivity index (χ1n) is 5.89. The maximum absolute atomic E-state index is 13.3. The van der Waals surface area contributed by atoms with Gasteiger partial charge in [-0.15, -0.1) is 0 Å². The largest absolute Gasteiger partial charge is 0.326 e. The normalized spacial score (nSPS) is 11.0. The van der Waals surface area contributed by atoms with Gasteiger partial charge in [0.1, 0.15) is 5.82 Å². The van der Waals surface area contributed by atoms with Gasteiger partial charge in [-0.25, -0.2) is 9.37 Å². The number of aryl methyl sites for hydroxylation is 1. The van der Waals surface area contributed by atoms with E-state index in [4.69, 9.17) is 0 Å². The molecule has 0 bridgehead atoms. The third kappa shape index (κ3) is 1.88. The van der Waals surface area contributed by atoms with Crippen LogP contribution in [0.5, 0.6) is 0 Å². The molecule has 3 aromatic rings. The Morgan fingerprint density at radius 1 is 1.17 bits per heavy atom. The van der Waals surface area contributed by atoms with Crippen molar-refractivity contribution in [1.82, 2.24) is 9.55 Å². The number of hydrogen-bond acceptors (Lipinski definition) is 1. The van der Waals surface area contributed by atoms with E-state index in [-0.39, 0.29) is 5.82 Å². The second kappa shape index (κ2) is 4.26. The number of benzene rings is 2. The van der Waals surface area contributed by atoms with Gasteiger partial charge in [-0.1, -0.05) is 18.2 Å². The van der Waals surface area contributed by atoms with E-state index in [0.29, 0.717) is 6.54 Å². The maximum atomic E-state index is 13.3. The summed E-state index contributed by atoms with van der Waals surface area (Å²) in [7, 11) is 0. The monoisotopic (exact) mass is 240 g/mol. The van der Waals surface area contributed by atoms with Crippen LogP contribution >= 0.6 is 0 Å². The summed E-state index contributed by atoms with van der Waals surface area (Å²) >= 11 is 0. The molecule has 0 aliphatic heterocycles. The highest BCUT2D eigenvalue weighted by molar-refractivity contribution is 5.75. The molecule has 3 heteroatoms. The molecule has 0 N–H and O–H groups in total. The van der Waals surface area contributed by atoms with Crippen LogP contribution in [0.1, 0.15) is 11.1 Å². The van der Waals surface area contributed by atoms with Gasteiger partial charge in [0.15, 0.2) is 0 Å². The summed E-state index contributed by atoms with van der Waals surface area (Å²) in [6, 6.07) is 12.8. The second-order valence-electron chi connectivity index (χ2n) is 4.43. The third-order valence-corrected chi connectivity index (χ3v) is 3.18. The van der Waals surface area contributed by atoms with Crippen molar-refractivity contribution < 1.29 is 4.39 Å². The van der Waals surface area contributed by atoms with E-state index in [9.17, 15) is 4.39 Å². The van der Waals surface area contributed by atoms with Crippen molar-refractivity contribution in [3.8, 4) is 0 Å². The Hall–Kier alpha value is -2.16. The van der Waals surface area contributed by atoms with E-state index < -0.39 is 0 Å². The van der Waals surface area contributed by atoms with Gasteiger partial charge >= 0.3 is 0 Å². The average Bonchev–Trinajstić information content (AvgIpc) is 2.78. The zero-order valence-electron chi connectivity index (χ0n) is 10.1. The van der Waals surface area contributed by atoms with E-state index >= 15 is 0 Å². The number of fused-ring (bicyclic) bond motifs is 1.